The molecule has 1 heterocycles. The van der Waals surface area contributed by atoms with Crippen LogP contribution in [-0.2, 0) is 0 Å². The topological polar surface area (TPSA) is 15.3 Å². The largest absolute Gasteiger partial charge is 0.367 e. The lowest BCUT2D eigenvalue weighted by Gasteiger charge is -2.31. The lowest BCUT2D eigenvalue weighted by Crippen LogP contribution is -2.37. The first-order chi connectivity index (χ1) is 9.97. The maximum Gasteiger partial charge on any atom is 0.200 e. The van der Waals surface area contributed by atoms with Gasteiger partial charge >= 0.3 is 0 Å². The third-order valence-corrected chi connectivity index (χ3v) is 3.82. The summed E-state index contributed by atoms with van der Waals surface area (Å²) in [6, 6.07) is 0. The van der Waals surface area contributed by atoms with Crippen LogP contribution in [0.5, 0.6) is 0 Å². The van der Waals surface area contributed by atoms with Gasteiger partial charge in [0.05, 0.1) is 0 Å². The van der Waals surface area contributed by atoms with Gasteiger partial charge in [0.25, 0.3) is 0 Å². The van der Waals surface area contributed by atoms with Crippen LogP contribution in [-0.4, -0.2) is 26.2 Å². The molecule has 118 valence electrons. The monoisotopic (exact) mass is 308 g/mol. The van der Waals surface area contributed by atoms with Gasteiger partial charge in [-0.25, -0.2) is 22.0 Å². The molecule has 1 aliphatic heterocycles. The summed E-state index contributed by atoms with van der Waals surface area (Å²) in [6.45, 7) is 3.65. The van der Waals surface area contributed by atoms with Crippen molar-refractivity contribution in [2.45, 2.75) is 19.8 Å². The van der Waals surface area contributed by atoms with Gasteiger partial charge in [-0.2, -0.15) is 0 Å². The van der Waals surface area contributed by atoms with E-state index >= 15 is 0 Å². The molecular formula is C14H17F5N2. The molecule has 1 N–H and O–H groups in total. The Balaban J connectivity index is 2.33. The number of hydrogen-bond acceptors (Lipinski definition) is 2. The number of halogens is 5. The molecule has 0 bridgehead atoms. The van der Waals surface area contributed by atoms with Gasteiger partial charge in [0.15, 0.2) is 23.3 Å². The first-order valence-corrected chi connectivity index (χ1v) is 6.94. The van der Waals surface area contributed by atoms with Crippen molar-refractivity contribution in [2.24, 2.45) is 5.92 Å². The second-order valence-electron chi connectivity index (χ2n) is 5.15. The molecule has 1 fully saturated rings. The predicted molar refractivity (Wildman–Crippen MR) is 69.7 cm³/mol. The van der Waals surface area contributed by atoms with Gasteiger partial charge in [-0.15, -0.1) is 0 Å². The van der Waals surface area contributed by atoms with Gasteiger partial charge in [-0.1, -0.05) is 0 Å². The molecule has 0 unspecified atom stereocenters. The van der Waals surface area contributed by atoms with Crippen molar-refractivity contribution >= 4 is 5.69 Å². The van der Waals surface area contributed by atoms with Gasteiger partial charge in [0.1, 0.15) is 5.69 Å². The van der Waals surface area contributed by atoms with Crippen molar-refractivity contribution in [3.05, 3.63) is 29.1 Å². The van der Waals surface area contributed by atoms with E-state index in [4.69, 9.17) is 0 Å². The third kappa shape index (κ3) is 3.12. The Morgan fingerprint density at radius 1 is 0.905 bits per heavy atom. The quantitative estimate of drug-likeness (QED) is 0.522. The van der Waals surface area contributed by atoms with Crippen LogP contribution in [0.4, 0.5) is 27.6 Å². The molecule has 0 saturated carbocycles. The van der Waals surface area contributed by atoms with Crippen molar-refractivity contribution in [2.75, 3.05) is 31.1 Å². The van der Waals surface area contributed by atoms with E-state index in [1.165, 1.54) is 4.90 Å². The standard InChI is InChI=1S/C14H17F5N2/c1-2-21(7-8-3-5-20-6-4-8)14-12(18)10(16)9(15)11(17)13(14)19/h8,20H,2-7H2,1H3. The minimum Gasteiger partial charge on any atom is -0.367 e. The zero-order valence-corrected chi connectivity index (χ0v) is 11.7. The minimum atomic E-state index is -2.12. The SMILES string of the molecule is CCN(CC1CCNCC1)c1c(F)c(F)c(F)c(F)c1F. The van der Waals surface area contributed by atoms with Crippen molar-refractivity contribution in [3.63, 3.8) is 0 Å². The number of hydrogen-bond donors (Lipinski definition) is 1. The van der Waals surface area contributed by atoms with Gasteiger partial charge in [0.2, 0.25) is 5.82 Å². The molecule has 0 aromatic heterocycles. The second kappa shape index (κ2) is 6.60. The Bertz CT molecular complexity index is 486. The number of rotatable bonds is 4. The zero-order valence-electron chi connectivity index (χ0n) is 11.7. The molecule has 1 aromatic rings. The fourth-order valence-electron chi connectivity index (χ4n) is 2.63. The molecule has 0 spiro atoms. The summed E-state index contributed by atoms with van der Waals surface area (Å²) in [4.78, 5) is 1.23. The van der Waals surface area contributed by atoms with E-state index in [9.17, 15) is 22.0 Å². The molecule has 2 nitrogen and oxygen atoms in total. The van der Waals surface area contributed by atoms with Gasteiger partial charge in [-0.3, -0.25) is 0 Å². The summed E-state index contributed by atoms with van der Waals surface area (Å²) >= 11 is 0. The average molecular weight is 308 g/mol. The molecule has 1 saturated heterocycles. The van der Waals surface area contributed by atoms with Crippen LogP contribution >= 0.6 is 0 Å². The Kier molecular flexibility index (Phi) is 5.03. The third-order valence-electron chi connectivity index (χ3n) is 3.82. The minimum absolute atomic E-state index is 0.168. The Morgan fingerprint density at radius 2 is 1.38 bits per heavy atom. The molecule has 7 heteroatoms. The first-order valence-electron chi connectivity index (χ1n) is 6.94. The zero-order chi connectivity index (χ0) is 15.6. The molecule has 2 rings (SSSR count). The Hall–Kier alpha value is -1.37. The van der Waals surface area contributed by atoms with Crippen LogP contribution in [0.25, 0.3) is 0 Å². The summed E-state index contributed by atoms with van der Waals surface area (Å²) in [5.74, 6) is -9.27. The number of piperidine rings is 1. The van der Waals surface area contributed by atoms with Crippen LogP contribution in [0, 0.1) is 35.0 Å². The Morgan fingerprint density at radius 3 is 1.86 bits per heavy atom. The number of anilines is 1. The van der Waals surface area contributed by atoms with E-state index in [2.05, 4.69) is 5.32 Å². The molecule has 21 heavy (non-hydrogen) atoms. The van der Waals surface area contributed by atoms with Crippen molar-refractivity contribution < 1.29 is 22.0 Å². The van der Waals surface area contributed by atoms with E-state index in [1.54, 1.807) is 6.92 Å². The summed E-state index contributed by atoms with van der Waals surface area (Å²) < 4.78 is 67.3. The molecule has 0 radical (unpaired) electrons. The lowest BCUT2D eigenvalue weighted by atomic mass is 9.97. The van der Waals surface area contributed by atoms with Crippen LogP contribution in [0.2, 0.25) is 0 Å². The summed E-state index contributed by atoms with van der Waals surface area (Å²) in [6.07, 6.45) is 1.62. The summed E-state index contributed by atoms with van der Waals surface area (Å²) in [5, 5.41) is 3.16. The highest BCUT2D eigenvalue weighted by atomic mass is 19.2. The molecule has 0 amide bonds. The van der Waals surface area contributed by atoms with E-state index in [0.717, 1.165) is 25.9 Å². The molecule has 0 aliphatic carbocycles. The highest BCUT2D eigenvalue weighted by Crippen LogP contribution is 2.31. The molecular weight excluding hydrogens is 291 g/mol. The van der Waals surface area contributed by atoms with Crippen LogP contribution in [0.3, 0.4) is 0 Å². The smallest absolute Gasteiger partial charge is 0.200 e. The molecule has 0 atom stereocenters. The number of nitrogens with one attached hydrogen (secondary N) is 1. The predicted octanol–water partition coefficient (Wildman–Crippen LogP) is 3.21. The average Bonchev–Trinajstić information content (AvgIpc) is 2.51. The number of benzene rings is 1. The van der Waals surface area contributed by atoms with E-state index in [1.807, 2.05) is 0 Å². The fraction of sp³-hybridized carbons (Fsp3) is 0.571. The first kappa shape index (κ1) is 16.0. The van der Waals surface area contributed by atoms with E-state index in [0.29, 0.717) is 0 Å². The fourth-order valence-corrected chi connectivity index (χ4v) is 2.63. The summed E-state index contributed by atoms with van der Waals surface area (Å²) in [5.41, 5.74) is -0.826. The highest BCUT2D eigenvalue weighted by molar-refractivity contribution is 5.50. The maximum absolute atomic E-state index is 13.8. The summed E-state index contributed by atoms with van der Waals surface area (Å²) in [7, 11) is 0. The Labute approximate surface area is 119 Å². The molecule has 1 aliphatic rings. The van der Waals surface area contributed by atoms with Gasteiger partial charge in [0, 0.05) is 13.1 Å². The lowest BCUT2D eigenvalue weighted by molar-refractivity contribution is 0.360. The maximum atomic E-state index is 13.8. The van der Waals surface area contributed by atoms with Gasteiger partial charge < -0.3 is 10.2 Å². The second-order valence-corrected chi connectivity index (χ2v) is 5.15. The van der Waals surface area contributed by atoms with Gasteiger partial charge in [-0.05, 0) is 38.8 Å². The van der Waals surface area contributed by atoms with Crippen molar-refractivity contribution in [3.8, 4) is 0 Å². The van der Waals surface area contributed by atoms with E-state index < -0.39 is 34.8 Å². The van der Waals surface area contributed by atoms with Crippen molar-refractivity contribution in [1.29, 1.82) is 0 Å². The molecule has 1 aromatic carbocycles. The van der Waals surface area contributed by atoms with Crippen LogP contribution in [0.15, 0.2) is 0 Å². The van der Waals surface area contributed by atoms with E-state index in [-0.39, 0.29) is 19.0 Å². The highest BCUT2D eigenvalue weighted by Gasteiger charge is 2.29. The van der Waals surface area contributed by atoms with Crippen LogP contribution < -0.4 is 10.2 Å². The van der Waals surface area contributed by atoms with Crippen molar-refractivity contribution in [1.82, 2.24) is 5.32 Å². The normalized spacial score (nSPS) is 16.3. The van der Waals surface area contributed by atoms with Crippen LogP contribution in [0.1, 0.15) is 19.8 Å². The number of nitrogens with zero attached hydrogens (tertiary/aromatic N) is 1.